The van der Waals surface area contributed by atoms with E-state index >= 15 is 0 Å². The number of hydrogen-bond acceptors (Lipinski definition) is 3. The van der Waals surface area contributed by atoms with Gasteiger partial charge in [0.15, 0.2) is 0 Å². The Balaban J connectivity index is 2.22. The molecule has 25 heavy (non-hydrogen) atoms. The normalized spacial score (nSPS) is 10.6. The van der Waals surface area contributed by atoms with E-state index in [4.69, 9.17) is 5.26 Å². The second-order valence-electron chi connectivity index (χ2n) is 6.16. The van der Waals surface area contributed by atoms with Crippen molar-refractivity contribution in [2.45, 2.75) is 20.8 Å². The summed E-state index contributed by atoms with van der Waals surface area (Å²) < 4.78 is 0. The standard InChI is InChI=1S/C20H21N3O2/c1-4-23(17-11-6-5-7-12-17)19(25)20(2,3)18(24)22-16-10-8-9-15(13-16)14-21/h5-13H,4H2,1-3H3,(H,22,24). The van der Waals surface area contributed by atoms with Gasteiger partial charge in [0, 0.05) is 17.9 Å². The van der Waals surface area contributed by atoms with E-state index in [-0.39, 0.29) is 5.91 Å². The van der Waals surface area contributed by atoms with Crippen molar-refractivity contribution in [2.75, 3.05) is 16.8 Å². The minimum Gasteiger partial charge on any atom is -0.325 e. The first-order valence-corrected chi connectivity index (χ1v) is 8.08. The summed E-state index contributed by atoms with van der Waals surface area (Å²) in [6, 6.07) is 17.9. The molecule has 0 aliphatic carbocycles. The fraction of sp³-hybridized carbons (Fsp3) is 0.250. The van der Waals surface area contributed by atoms with Crippen LogP contribution in [0.2, 0.25) is 0 Å². The first kappa shape index (κ1) is 18.2. The van der Waals surface area contributed by atoms with E-state index in [2.05, 4.69) is 5.32 Å². The van der Waals surface area contributed by atoms with Crippen LogP contribution >= 0.6 is 0 Å². The predicted molar refractivity (Wildman–Crippen MR) is 98.0 cm³/mol. The van der Waals surface area contributed by atoms with Gasteiger partial charge in [-0.2, -0.15) is 5.26 Å². The van der Waals surface area contributed by atoms with Crippen molar-refractivity contribution in [3.05, 3.63) is 60.2 Å². The number of nitriles is 1. The van der Waals surface area contributed by atoms with Crippen LogP contribution in [0.1, 0.15) is 26.3 Å². The summed E-state index contributed by atoms with van der Waals surface area (Å²) in [5.74, 6) is -0.697. The Morgan fingerprint density at radius 1 is 1.12 bits per heavy atom. The number of benzene rings is 2. The van der Waals surface area contributed by atoms with Crippen molar-refractivity contribution in [1.82, 2.24) is 0 Å². The summed E-state index contributed by atoms with van der Waals surface area (Å²) >= 11 is 0. The summed E-state index contributed by atoms with van der Waals surface area (Å²) in [4.78, 5) is 27.2. The second-order valence-corrected chi connectivity index (χ2v) is 6.16. The van der Waals surface area contributed by atoms with Crippen LogP contribution in [0.15, 0.2) is 54.6 Å². The Kier molecular flexibility index (Phi) is 5.56. The van der Waals surface area contributed by atoms with Gasteiger partial charge in [-0.1, -0.05) is 24.3 Å². The number of rotatable bonds is 5. The zero-order valence-electron chi connectivity index (χ0n) is 14.6. The molecule has 2 amide bonds. The lowest BCUT2D eigenvalue weighted by molar-refractivity contribution is -0.136. The number of carbonyl (C=O) groups is 2. The Hall–Kier alpha value is -3.13. The molecule has 0 atom stereocenters. The molecule has 5 nitrogen and oxygen atoms in total. The summed E-state index contributed by atoms with van der Waals surface area (Å²) in [6.07, 6.45) is 0. The van der Waals surface area contributed by atoms with Gasteiger partial charge in [-0.25, -0.2) is 0 Å². The molecule has 2 rings (SSSR count). The maximum absolute atomic E-state index is 13.0. The van der Waals surface area contributed by atoms with E-state index in [1.54, 1.807) is 43.0 Å². The van der Waals surface area contributed by atoms with Crippen LogP contribution in [0.25, 0.3) is 0 Å². The van der Waals surface area contributed by atoms with Crippen molar-refractivity contribution < 1.29 is 9.59 Å². The lowest BCUT2D eigenvalue weighted by atomic mass is 9.89. The molecule has 2 aromatic carbocycles. The van der Waals surface area contributed by atoms with Crippen LogP contribution < -0.4 is 10.2 Å². The SMILES string of the molecule is CCN(C(=O)C(C)(C)C(=O)Nc1cccc(C#N)c1)c1ccccc1. The van der Waals surface area contributed by atoms with Crippen molar-refractivity contribution >= 4 is 23.2 Å². The maximum atomic E-state index is 13.0. The van der Waals surface area contributed by atoms with Gasteiger partial charge in [0.1, 0.15) is 5.41 Å². The molecular formula is C20H21N3O2. The van der Waals surface area contributed by atoms with Crippen molar-refractivity contribution in [3.63, 3.8) is 0 Å². The summed E-state index contributed by atoms with van der Waals surface area (Å²) in [7, 11) is 0. The molecule has 0 heterocycles. The molecule has 0 aliphatic rings. The van der Waals surface area contributed by atoms with Crippen LogP contribution in [-0.4, -0.2) is 18.4 Å². The number of amides is 2. The van der Waals surface area contributed by atoms with Gasteiger partial charge in [0.05, 0.1) is 11.6 Å². The van der Waals surface area contributed by atoms with Gasteiger partial charge in [0.25, 0.3) is 0 Å². The smallest absolute Gasteiger partial charge is 0.242 e. The fourth-order valence-electron chi connectivity index (χ4n) is 2.44. The van der Waals surface area contributed by atoms with Gasteiger partial charge in [0.2, 0.25) is 11.8 Å². The van der Waals surface area contributed by atoms with Gasteiger partial charge in [-0.05, 0) is 51.1 Å². The largest absolute Gasteiger partial charge is 0.325 e. The average molecular weight is 335 g/mol. The monoisotopic (exact) mass is 335 g/mol. The first-order valence-electron chi connectivity index (χ1n) is 8.08. The summed E-state index contributed by atoms with van der Waals surface area (Å²) in [5.41, 5.74) is 0.436. The van der Waals surface area contributed by atoms with Crippen LogP contribution in [0.4, 0.5) is 11.4 Å². The number of nitrogens with one attached hydrogen (secondary N) is 1. The third-order valence-corrected chi connectivity index (χ3v) is 3.98. The van der Waals surface area contributed by atoms with Gasteiger partial charge in [-0.3, -0.25) is 9.59 Å². The topological polar surface area (TPSA) is 73.2 Å². The number of nitrogens with zero attached hydrogens (tertiary/aromatic N) is 2. The highest BCUT2D eigenvalue weighted by atomic mass is 16.2. The molecule has 0 unspecified atom stereocenters. The minimum atomic E-state index is -1.26. The van der Waals surface area contributed by atoms with E-state index in [0.717, 1.165) is 5.69 Å². The van der Waals surface area contributed by atoms with E-state index in [0.29, 0.717) is 17.8 Å². The molecule has 0 saturated heterocycles. The Bertz CT molecular complexity index is 807. The zero-order chi connectivity index (χ0) is 18.4. The molecule has 0 saturated carbocycles. The molecule has 128 valence electrons. The van der Waals surface area contributed by atoms with E-state index < -0.39 is 11.3 Å². The lowest BCUT2D eigenvalue weighted by Gasteiger charge is -2.30. The molecule has 0 bridgehead atoms. The van der Waals surface area contributed by atoms with Gasteiger partial charge >= 0.3 is 0 Å². The number of hydrogen-bond donors (Lipinski definition) is 1. The predicted octanol–water partition coefficient (Wildman–Crippen LogP) is 3.58. The highest BCUT2D eigenvalue weighted by molar-refractivity contribution is 6.14. The van der Waals surface area contributed by atoms with Crippen LogP contribution in [0, 0.1) is 16.7 Å². The van der Waals surface area contributed by atoms with E-state index in [1.807, 2.05) is 43.3 Å². The summed E-state index contributed by atoms with van der Waals surface area (Å²) in [6.45, 7) is 5.54. The van der Waals surface area contributed by atoms with Crippen molar-refractivity contribution in [3.8, 4) is 6.07 Å². The highest BCUT2D eigenvalue weighted by Gasteiger charge is 2.39. The molecule has 0 aliphatic heterocycles. The molecule has 0 spiro atoms. The molecular weight excluding hydrogens is 314 g/mol. The van der Waals surface area contributed by atoms with Crippen molar-refractivity contribution in [1.29, 1.82) is 5.26 Å². The van der Waals surface area contributed by atoms with E-state index in [9.17, 15) is 9.59 Å². The van der Waals surface area contributed by atoms with Crippen LogP contribution in [0.5, 0.6) is 0 Å². The number of anilines is 2. The van der Waals surface area contributed by atoms with E-state index in [1.165, 1.54) is 0 Å². The Morgan fingerprint density at radius 3 is 2.40 bits per heavy atom. The molecule has 0 radical (unpaired) electrons. The molecule has 2 aromatic rings. The third kappa shape index (κ3) is 4.04. The highest BCUT2D eigenvalue weighted by Crippen LogP contribution is 2.25. The number of carbonyl (C=O) groups excluding carboxylic acids is 2. The average Bonchev–Trinajstić information content (AvgIpc) is 2.63. The van der Waals surface area contributed by atoms with Crippen molar-refractivity contribution in [2.24, 2.45) is 5.41 Å². The fourth-order valence-corrected chi connectivity index (χ4v) is 2.44. The zero-order valence-corrected chi connectivity index (χ0v) is 14.6. The first-order chi connectivity index (χ1) is 11.9. The van der Waals surface area contributed by atoms with Crippen LogP contribution in [-0.2, 0) is 9.59 Å². The Morgan fingerprint density at radius 2 is 1.80 bits per heavy atom. The second kappa shape index (κ2) is 7.63. The van der Waals surface area contributed by atoms with Crippen LogP contribution in [0.3, 0.4) is 0 Å². The third-order valence-electron chi connectivity index (χ3n) is 3.98. The number of para-hydroxylation sites is 1. The molecule has 1 N–H and O–H groups in total. The molecule has 0 aromatic heterocycles. The quantitative estimate of drug-likeness (QED) is 0.849. The molecule has 5 heteroatoms. The summed E-state index contributed by atoms with van der Waals surface area (Å²) in [5, 5.41) is 11.7. The van der Waals surface area contributed by atoms with Gasteiger partial charge < -0.3 is 10.2 Å². The van der Waals surface area contributed by atoms with Gasteiger partial charge in [-0.15, -0.1) is 0 Å². The molecule has 0 fully saturated rings. The Labute approximate surface area is 147 Å². The minimum absolute atomic E-state index is 0.282. The maximum Gasteiger partial charge on any atom is 0.242 e. The lowest BCUT2D eigenvalue weighted by Crippen LogP contribution is -2.47.